The molecule has 0 aliphatic carbocycles. The second-order valence-corrected chi connectivity index (χ2v) is 29.9. The lowest BCUT2D eigenvalue weighted by atomic mass is 10.0. The fourth-order valence-corrected chi connectivity index (χ4v) is 12.2. The van der Waals surface area contributed by atoms with Crippen LogP contribution in [0.3, 0.4) is 0 Å². The third-order valence-electron chi connectivity index (χ3n) is 16.8. The van der Waals surface area contributed by atoms with Crippen molar-refractivity contribution >= 4 is 39.5 Å². The minimum absolute atomic E-state index is 0.0298. The van der Waals surface area contributed by atoms with Gasteiger partial charge in [0.2, 0.25) is 0 Å². The van der Waals surface area contributed by atoms with Gasteiger partial charge in [0, 0.05) is 25.7 Å². The molecule has 3 N–H and O–H groups in total. The van der Waals surface area contributed by atoms with E-state index in [1.54, 1.807) is 0 Å². The Morgan fingerprint density at radius 3 is 0.849 bits per heavy atom. The molecule has 17 nitrogen and oxygen atoms in total. The van der Waals surface area contributed by atoms with Crippen molar-refractivity contribution in [2.24, 2.45) is 0 Å². The van der Waals surface area contributed by atoms with Gasteiger partial charge >= 0.3 is 39.5 Å². The fraction of sp³-hybridized carbons (Fsp3) is 0.678. The van der Waals surface area contributed by atoms with E-state index in [9.17, 15) is 43.2 Å². The van der Waals surface area contributed by atoms with Gasteiger partial charge < -0.3 is 33.8 Å². The van der Waals surface area contributed by atoms with Crippen LogP contribution >= 0.6 is 15.6 Å². The van der Waals surface area contributed by atoms with E-state index in [-0.39, 0.29) is 25.7 Å². The number of unbranched alkanes of at least 4 members (excludes halogenated alkanes) is 26. The molecule has 5 unspecified atom stereocenters. The molecular formula is C87H146O17P2. The zero-order valence-electron chi connectivity index (χ0n) is 66.3. The van der Waals surface area contributed by atoms with Crippen LogP contribution in [0.25, 0.3) is 0 Å². The summed E-state index contributed by atoms with van der Waals surface area (Å²) in [7, 11) is -9.99. The molecule has 0 aromatic rings. The number of rotatable bonds is 76. The van der Waals surface area contributed by atoms with Crippen molar-refractivity contribution in [3.63, 3.8) is 0 Å². The van der Waals surface area contributed by atoms with Crippen LogP contribution in [0.4, 0.5) is 0 Å². The molecule has 0 amide bonds. The van der Waals surface area contributed by atoms with Gasteiger partial charge in [0.1, 0.15) is 19.3 Å². The van der Waals surface area contributed by atoms with Gasteiger partial charge in [0.25, 0.3) is 0 Å². The molecule has 0 heterocycles. The van der Waals surface area contributed by atoms with Crippen LogP contribution in [0.15, 0.2) is 146 Å². The van der Waals surface area contributed by atoms with E-state index in [1.165, 1.54) is 64.2 Å². The lowest BCUT2D eigenvalue weighted by Gasteiger charge is -2.21. The average Bonchev–Trinajstić information content (AvgIpc) is 0.901. The normalized spacial score (nSPS) is 14.6. The molecule has 606 valence electrons. The monoisotopic (exact) mass is 1530 g/mol. The first-order chi connectivity index (χ1) is 51.7. The summed E-state index contributed by atoms with van der Waals surface area (Å²) < 4.78 is 68.6. The Balaban J connectivity index is 5.42. The number of phosphoric ester groups is 2. The Labute approximate surface area is 643 Å². The number of allylic oxidation sites excluding steroid dienone is 24. The van der Waals surface area contributed by atoms with Gasteiger partial charge in [-0.25, -0.2) is 9.13 Å². The van der Waals surface area contributed by atoms with Crippen LogP contribution in [0.2, 0.25) is 0 Å². The molecule has 0 bridgehead atoms. The van der Waals surface area contributed by atoms with Crippen molar-refractivity contribution in [1.29, 1.82) is 0 Å². The number of hydrogen-bond acceptors (Lipinski definition) is 15. The Morgan fingerprint density at radius 2 is 0.528 bits per heavy atom. The van der Waals surface area contributed by atoms with E-state index >= 15 is 0 Å². The summed E-state index contributed by atoms with van der Waals surface area (Å²) in [5.74, 6) is -2.30. The molecule has 19 heteroatoms. The molecule has 0 spiro atoms. The zero-order valence-corrected chi connectivity index (χ0v) is 68.1. The lowest BCUT2D eigenvalue weighted by molar-refractivity contribution is -0.161. The number of hydrogen-bond donors (Lipinski definition) is 3. The first-order valence-corrected chi connectivity index (χ1v) is 44.1. The van der Waals surface area contributed by atoms with Crippen molar-refractivity contribution in [2.45, 2.75) is 341 Å². The van der Waals surface area contributed by atoms with Gasteiger partial charge in [0.15, 0.2) is 12.2 Å². The van der Waals surface area contributed by atoms with Crippen molar-refractivity contribution < 1.29 is 80.2 Å². The zero-order chi connectivity index (χ0) is 77.4. The molecule has 0 radical (unpaired) electrons. The second-order valence-electron chi connectivity index (χ2n) is 27.0. The van der Waals surface area contributed by atoms with Gasteiger partial charge in [-0.1, -0.05) is 315 Å². The molecule has 0 aliphatic rings. The van der Waals surface area contributed by atoms with Crippen LogP contribution in [0, 0.1) is 0 Å². The van der Waals surface area contributed by atoms with Gasteiger partial charge in [-0.15, -0.1) is 0 Å². The summed E-state index contributed by atoms with van der Waals surface area (Å²) >= 11 is 0. The number of aliphatic hydroxyl groups is 1. The highest BCUT2D eigenvalue weighted by molar-refractivity contribution is 7.47. The summed E-state index contributed by atoms with van der Waals surface area (Å²) in [6.07, 6.45) is 89.8. The topological polar surface area (TPSA) is 237 Å². The Kier molecular flexibility index (Phi) is 74.3. The minimum atomic E-state index is -5.00. The number of ether oxygens (including phenoxy) is 4. The van der Waals surface area contributed by atoms with Crippen molar-refractivity contribution in [1.82, 2.24) is 0 Å². The van der Waals surface area contributed by atoms with Crippen molar-refractivity contribution in [2.75, 3.05) is 39.6 Å². The van der Waals surface area contributed by atoms with E-state index in [0.29, 0.717) is 32.1 Å². The Bertz CT molecular complexity index is 2580. The van der Waals surface area contributed by atoms with Crippen LogP contribution in [-0.2, 0) is 65.4 Å². The number of phosphoric acid groups is 2. The van der Waals surface area contributed by atoms with E-state index in [1.807, 2.05) is 18.2 Å². The number of aliphatic hydroxyl groups excluding tert-OH is 1. The summed E-state index contributed by atoms with van der Waals surface area (Å²) in [6, 6.07) is 0. The predicted octanol–water partition coefficient (Wildman–Crippen LogP) is 24.2. The molecule has 0 rings (SSSR count). The Morgan fingerprint density at radius 1 is 0.274 bits per heavy atom. The molecule has 0 aromatic carbocycles. The second kappa shape index (κ2) is 78.1. The average molecular weight is 1530 g/mol. The number of esters is 4. The molecule has 0 aliphatic heterocycles. The maximum Gasteiger partial charge on any atom is 0.472 e. The molecule has 5 atom stereocenters. The first kappa shape index (κ1) is 101. The predicted molar refractivity (Wildman–Crippen MR) is 436 cm³/mol. The molecule has 0 aromatic heterocycles. The lowest BCUT2D eigenvalue weighted by Crippen LogP contribution is -2.30. The van der Waals surface area contributed by atoms with Gasteiger partial charge in [-0.05, 0) is 128 Å². The largest absolute Gasteiger partial charge is 0.472 e. The van der Waals surface area contributed by atoms with Gasteiger partial charge in [-0.2, -0.15) is 0 Å². The quantitative estimate of drug-likeness (QED) is 0.0169. The molecular weight excluding hydrogens is 1380 g/mol. The van der Waals surface area contributed by atoms with Crippen molar-refractivity contribution in [3.05, 3.63) is 146 Å². The van der Waals surface area contributed by atoms with E-state index < -0.39 is 97.5 Å². The van der Waals surface area contributed by atoms with Gasteiger partial charge in [0.05, 0.1) is 26.4 Å². The standard InChI is InChI=1S/C87H146O17P2/c1-5-9-13-17-21-25-29-33-36-38-40-42-45-48-51-55-59-63-67-71-84(89)97-77-82(103-86(91)73-69-65-61-57-53-47-32-28-24-20-16-12-8-4)79-101-105(93,94)99-75-81(88)76-100-106(95,96)102-80-83(104-87(92)74-70-66-62-58-54-50-44-35-31-27-23-19-15-11-7-3)78-98-85(90)72-68-64-60-56-52-49-46-43-41-39-37-34-30-26-22-18-14-10-6-2/h9-10,13-14,16,20-22,25-26,28,32-34,36-37,40-43,48,51,59,63,81-83,88H,5-8,11-12,15,17-19,23-24,27,29-31,35,38-39,44-47,49-50,52-58,60-62,64-80H2,1-4H3,(H,93,94)(H,95,96)/b13-9-,14-10-,20-16-,25-21-,26-22-,32-28-,36-33-,37-34-,42-40-,43-41-,51-48-,63-59-. The van der Waals surface area contributed by atoms with E-state index in [4.69, 9.17) is 37.0 Å². The van der Waals surface area contributed by atoms with E-state index in [0.717, 1.165) is 173 Å². The SMILES string of the molecule is CC/C=C\C/C=C\C/C=C\C/C=C\C/C=C\C/C=C\CCC(=O)OCC(COP(=O)(O)OCC(O)COP(=O)(O)OCC(COC(=O)CCCCCCCC/C=C\C/C=C\C/C=C\C/C=C\CC)OC(=O)CCCCCCCCCCCCCCCCC)OC(=O)CCCCCCC/C=C\C/C=C\CCC. The maximum absolute atomic E-state index is 13.1. The van der Waals surface area contributed by atoms with Gasteiger partial charge in [-0.3, -0.25) is 37.3 Å². The number of carbonyl (C=O) groups excluding carboxylic acids is 4. The van der Waals surface area contributed by atoms with Crippen LogP contribution in [0.5, 0.6) is 0 Å². The van der Waals surface area contributed by atoms with Crippen LogP contribution in [-0.4, -0.2) is 96.7 Å². The molecule has 106 heavy (non-hydrogen) atoms. The third kappa shape index (κ3) is 77.1. The molecule has 0 saturated carbocycles. The van der Waals surface area contributed by atoms with Crippen molar-refractivity contribution in [3.8, 4) is 0 Å². The fourth-order valence-electron chi connectivity index (χ4n) is 10.6. The molecule has 0 fully saturated rings. The smallest absolute Gasteiger partial charge is 0.462 e. The summed E-state index contributed by atoms with van der Waals surface area (Å²) in [6.45, 7) is 4.49. The van der Waals surface area contributed by atoms with Crippen LogP contribution in [0.1, 0.15) is 323 Å². The Hall–Kier alpha value is -5.06. The first-order valence-electron chi connectivity index (χ1n) is 41.1. The highest BCUT2D eigenvalue weighted by atomic mass is 31.2. The highest BCUT2D eigenvalue weighted by Crippen LogP contribution is 2.45. The maximum atomic E-state index is 13.1. The number of carbonyl (C=O) groups is 4. The summed E-state index contributed by atoms with van der Waals surface area (Å²) in [4.78, 5) is 73.1. The minimum Gasteiger partial charge on any atom is -0.462 e. The third-order valence-corrected chi connectivity index (χ3v) is 18.7. The highest BCUT2D eigenvalue weighted by Gasteiger charge is 2.30. The summed E-state index contributed by atoms with van der Waals surface area (Å²) in [5, 5.41) is 10.7. The summed E-state index contributed by atoms with van der Waals surface area (Å²) in [5.41, 5.74) is 0. The van der Waals surface area contributed by atoms with E-state index in [2.05, 4.69) is 155 Å². The molecule has 0 saturated heterocycles. The van der Waals surface area contributed by atoms with Crippen LogP contribution < -0.4 is 0 Å².